The maximum Gasteiger partial charge on any atom is 0.305 e. The highest BCUT2D eigenvalue weighted by atomic mass is 32.1. The Balaban J connectivity index is 2.49. The zero-order valence-electron chi connectivity index (χ0n) is 62.4. The van der Waals surface area contributed by atoms with Crippen molar-refractivity contribution in [2.75, 3.05) is 50.8 Å². The smallest absolute Gasteiger partial charge is 0.305 e. The molecule has 0 radical (unpaired) electrons. The van der Waals surface area contributed by atoms with Gasteiger partial charge in [-0.2, -0.15) is 25.3 Å². The van der Waals surface area contributed by atoms with Crippen molar-refractivity contribution in [3.8, 4) is 0 Å². The number of carbonyl (C=O) groups is 14. The average Bonchev–Trinajstić information content (AvgIpc) is 0.828. The van der Waals surface area contributed by atoms with E-state index in [1.54, 1.807) is 88.4 Å². The number of nitrogens with one attached hydrogen (secondary N) is 10. The molecule has 0 bridgehead atoms. The van der Waals surface area contributed by atoms with E-state index in [0.29, 0.717) is 36.8 Å². The van der Waals surface area contributed by atoms with Crippen LogP contribution in [0.5, 0.6) is 0 Å². The van der Waals surface area contributed by atoms with Gasteiger partial charge in [-0.1, -0.05) is 120 Å². The highest BCUT2D eigenvalue weighted by Crippen LogP contribution is 2.18. The predicted molar refractivity (Wildman–Crippen MR) is 417 cm³/mol. The van der Waals surface area contributed by atoms with E-state index in [0.717, 1.165) is 24.2 Å². The van der Waals surface area contributed by atoms with Crippen LogP contribution in [0.4, 0.5) is 0 Å². The van der Waals surface area contributed by atoms with Crippen LogP contribution in [-0.4, -0.2) is 222 Å². The quantitative estimate of drug-likeness (QED) is 0.00980. The fraction of sp³-hybridized carbons (Fsp3) is 0.586. The Morgan fingerprint density at radius 2 is 0.899 bits per heavy atom. The van der Waals surface area contributed by atoms with E-state index in [9.17, 15) is 72.2 Å². The van der Waals surface area contributed by atoms with Gasteiger partial charge < -0.3 is 109 Å². The predicted octanol–water partition coefficient (Wildman–Crippen LogP) is -4.28. The second kappa shape index (κ2) is 52.8. The van der Waals surface area contributed by atoms with Gasteiger partial charge in [-0.05, 0) is 80.9 Å². The van der Waals surface area contributed by atoms with Crippen molar-refractivity contribution < 1.29 is 72.2 Å². The summed E-state index contributed by atoms with van der Waals surface area (Å²) in [5, 5.41) is 35.3. The number of hydrogen-bond acceptors (Lipinski definition) is 21. The lowest BCUT2D eigenvalue weighted by atomic mass is 9.96. The second-order valence-corrected chi connectivity index (χ2v) is 26.8. The highest BCUT2D eigenvalue weighted by Gasteiger charge is 2.39. The lowest BCUT2D eigenvalue weighted by Crippen LogP contribution is -2.62. The van der Waals surface area contributed by atoms with Crippen LogP contribution >= 0.6 is 25.3 Å². The van der Waals surface area contributed by atoms with Crippen LogP contribution in [0.25, 0.3) is 0 Å². The molecule has 0 aliphatic heterocycles. The van der Waals surface area contributed by atoms with Crippen molar-refractivity contribution in [3.63, 3.8) is 0 Å². The Labute approximate surface area is 646 Å². The van der Waals surface area contributed by atoms with Crippen LogP contribution in [0.1, 0.15) is 135 Å². The molecule has 0 aromatic heterocycles. The molecule has 2 rings (SSSR count). The third-order valence-electron chi connectivity index (χ3n) is 17.3. The minimum Gasteiger partial charge on any atom is -0.481 e. The van der Waals surface area contributed by atoms with Crippen LogP contribution in [-0.2, 0) is 80.0 Å². The molecule has 0 saturated heterocycles. The molecule has 27 N–H and O–H groups in total. The van der Waals surface area contributed by atoms with E-state index in [1.807, 2.05) is 0 Å². The second-order valence-electron chi connectivity index (χ2n) is 26.1. The summed E-state index contributed by atoms with van der Waals surface area (Å²) in [6.07, 6.45) is 2.71. The van der Waals surface area contributed by atoms with Crippen molar-refractivity contribution in [2.45, 2.75) is 197 Å². The first-order valence-electron chi connectivity index (χ1n) is 36.3. The molecular formula is C70H114N22O15S2. The molecule has 39 heteroatoms. The first-order chi connectivity index (χ1) is 51.8. The number of aliphatic imine (C=N–C) groups is 3. The van der Waals surface area contributed by atoms with Gasteiger partial charge in [0.15, 0.2) is 17.9 Å². The SMILES string of the molecule is CC[C@H](C)[C@H](NC(=O)[C@H](CCCN=C(N)N)NC(=O)CNC(=O)CNC(=O)[C@H](Cc1ccccc1)NC(=O)[C@@H](N)CS)C(=O)N[C@@H](CC(=O)O)C(=O)N[C@@H](CCCN=C(N)N)C(=O)N[C@H](C(=O)N[C@@H](CS)C(=O)N[C@@H](Cc1ccccc1)C(=O)N(C(=O)CCCCCCCN)[C@H](C=O)CCCN=C(N)N)[C@@H](C)CC. The fourth-order valence-corrected chi connectivity index (χ4v) is 11.2. The largest absolute Gasteiger partial charge is 0.481 e. The molecule has 37 nitrogen and oxygen atoms in total. The minimum atomic E-state index is -1.96. The van der Waals surface area contributed by atoms with E-state index in [-0.39, 0.29) is 120 Å². The number of aldehydes is 1. The number of unbranched alkanes of at least 4 members (excludes halogenated alkanes) is 4. The third-order valence-corrected chi connectivity index (χ3v) is 18.1. The van der Waals surface area contributed by atoms with Crippen molar-refractivity contribution in [2.24, 2.45) is 72.7 Å². The average molecular weight is 1570 g/mol. The summed E-state index contributed by atoms with van der Waals surface area (Å²) in [5.41, 5.74) is 45.9. The molecule has 0 aliphatic carbocycles. The molecule has 0 saturated carbocycles. The molecule has 12 atom stereocenters. The Hall–Kier alpha value is -10.1. The van der Waals surface area contributed by atoms with Crippen molar-refractivity contribution in [1.82, 2.24) is 58.1 Å². The van der Waals surface area contributed by atoms with E-state index in [1.165, 1.54) is 0 Å². The number of imide groups is 1. The zero-order valence-corrected chi connectivity index (χ0v) is 64.2. The summed E-state index contributed by atoms with van der Waals surface area (Å²) >= 11 is 8.42. The molecule has 606 valence electrons. The summed E-state index contributed by atoms with van der Waals surface area (Å²) in [6, 6.07) is 2.56. The van der Waals surface area contributed by atoms with Crippen LogP contribution < -0.4 is 99.0 Å². The first kappa shape index (κ1) is 94.9. The van der Waals surface area contributed by atoms with Crippen molar-refractivity contribution >= 4 is 126 Å². The molecule has 2 aromatic rings. The van der Waals surface area contributed by atoms with Crippen LogP contribution in [0.15, 0.2) is 75.6 Å². The molecule has 2 aromatic carbocycles. The van der Waals surface area contributed by atoms with E-state index >= 15 is 0 Å². The molecule has 0 fully saturated rings. The van der Waals surface area contributed by atoms with Gasteiger partial charge in [0.05, 0.1) is 31.6 Å². The topological polar surface area (TPSA) is 628 Å². The number of aliphatic carboxylic acids is 1. The van der Waals surface area contributed by atoms with E-state index in [4.69, 9.17) is 45.9 Å². The number of nitrogens with two attached hydrogens (primary N) is 8. The summed E-state index contributed by atoms with van der Waals surface area (Å²) in [5.74, 6) is -15.2. The Kier molecular flexibility index (Phi) is 46.0. The summed E-state index contributed by atoms with van der Waals surface area (Å²) in [6.45, 7) is 5.59. The number of carbonyl (C=O) groups excluding carboxylic acids is 13. The maximum atomic E-state index is 14.9. The van der Waals surface area contributed by atoms with Gasteiger partial charge in [0.25, 0.3) is 5.91 Å². The maximum absolute atomic E-state index is 14.9. The lowest BCUT2D eigenvalue weighted by molar-refractivity contribution is -0.152. The van der Waals surface area contributed by atoms with Gasteiger partial charge in [-0.15, -0.1) is 0 Å². The van der Waals surface area contributed by atoms with Gasteiger partial charge in [0.1, 0.15) is 54.6 Å². The normalized spacial score (nSPS) is 14.2. The molecular weight excluding hydrogens is 1450 g/mol. The first-order valence-corrected chi connectivity index (χ1v) is 37.5. The van der Waals surface area contributed by atoms with E-state index < -0.39 is 169 Å². The number of carboxylic acids is 1. The van der Waals surface area contributed by atoms with Gasteiger partial charge in [0, 0.05) is 50.4 Å². The molecule has 109 heavy (non-hydrogen) atoms. The summed E-state index contributed by atoms with van der Waals surface area (Å²) in [7, 11) is 0. The number of nitrogens with zero attached hydrogens (tertiary/aromatic N) is 4. The standard InChI is InChI=1S/C70H114N22O15S2/c1-5-41(3)57(90-61(101)47(26-19-31-80-69(75)76)84-54(95)37-82-53(94)36-83-60(100)49(86-59(99)46(72)39-108)33-43-21-12-10-13-22-43)65(105)87-50(35-56(97)98)63(103)85-48(27-20-32-81-70(77)78)62(102)91-58(42(4)6-2)66(106)89-52(40-109)64(104)88-51(34-44-23-14-11-15-24-44)67(107)92(45(38-93)25-18-30-79-68(73)74)55(96)28-16-8-7-9-17-29-71/h10-15,21-24,38,41-42,45-52,57-58,108-109H,5-9,16-20,25-37,39-40,71-72H2,1-4H3,(H,82,94)(H,83,100)(H,84,95)(H,85,103)(H,86,99)(H,87,105)(H,88,104)(H,89,106)(H,90,101)(H,91,102)(H,97,98)(H4,73,74,79)(H4,75,76,80)(H4,77,78,81)/t41-,42-,45-,46-,47-,48-,49-,50-,51-,52-,57-,58-/m0/s1. The number of guanidine groups is 3. The van der Waals surface area contributed by atoms with Crippen LogP contribution in [0, 0.1) is 11.8 Å². The fourth-order valence-electron chi connectivity index (χ4n) is 10.8. The molecule has 0 spiro atoms. The number of benzene rings is 2. The number of carboxylic acid groups (broad SMARTS) is 1. The van der Waals surface area contributed by atoms with Gasteiger partial charge in [0.2, 0.25) is 65.0 Å². The van der Waals surface area contributed by atoms with Gasteiger partial charge in [-0.3, -0.25) is 82.2 Å². The number of thiol groups is 2. The molecule has 0 heterocycles. The molecule has 12 amide bonds. The van der Waals surface area contributed by atoms with E-state index in [2.05, 4.69) is 93.4 Å². The summed E-state index contributed by atoms with van der Waals surface area (Å²) in [4.78, 5) is 207. The molecule has 0 unspecified atom stereocenters. The number of amides is 12. The Bertz CT molecular complexity index is 3370. The van der Waals surface area contributed by atoms with Crippen LogP contribution in [0.2, 0.25) is 0 Å². The number of hydrogen-bond donors (Lipinski definition) is 21. The minimum absolute atomic E-state index is 0.0109. The summed E-state index contributed by atoms with van der Waals surface area (Å²) < 4.78 is 0. The highest BCUT2D eigenvalue weighted by molar-refractivity contribution is 7.80. The molecule has 0 aliphatic rings. The van der Waals surface area contributed by atoms with Crippen molar-refractivity contribution in [3.05, 3.63) is 71.8 Å². The third kappa shape index (κ3) is 37.5. The monoisotopic (exact) mass is 1570 g/mol. The van der Waals surface area contributed by atoms with Gasteiger partial charge in [-0.25, -0.2) is 0 Å². The van der Waals surface area contributed by atoms with Gasteiger partial charge >= 0.3 is 5.97 Å². The zero-order chi connectivity index (χ0) is 81.5. The number of rotatable bonds is 54. The Morgan fingerprint density at radius 1 is 0.477 bits per heavy atom. The van der Waals surface area contributed by atoms with Crippen LogP contribution in [0.3, 0.4) is 0 Å². The lowest BCUT2D eigenvalue weighted by Gasteiger charge is -2.32. The Morgan fingerprint density at radius 3 is 1.37 bits per heavy atom. The van der Waals surface area contributed by atoms with Crippen molar-refractivity contribution in [1.29, 1.82) is 0 Å².